The molecule has 9 aromatic rings. The lowest BCUT2D eigenvalue weighted by Crippen LogP contribution is -2.58. The Bertz CT molecular complexity index is 2750. The zero-order valence-corrected chi connectivity index (χ0v) is 31.3. The third-order valence-corrected chi connectivity index (χ3v) is 14.6. The van der Waals surface area contributed by atoms with Crippen molar-refractivity contribution in [1.29, 1.82) is 0 Å². The van der Waals surface area contributed by atoms with Gasteiger partial charge in [-0.3, -0.25) is 0 Å². The van der Waals surface area contributed by atoms with E-state index in [0.29, 0.717) is 0 Å². The van der Waals surface area contributed by atoms with Crippen molar-refractivity contribution in [3.05, 3.63) is 194 Å². The first-order chi connectivity index (χ1) is 26.5. The summed E-state index contributed by atoms with van der Waals surface area (Å²) in [6, 6.07) is 70.0. The Labute approximate surface area is 317 Å². The monoisotopic (exact) mass is 710 g/mol. The average Bonchev–Trinajstić information content (AvgIpc) is 3.60. The first-order valence-corrected chi connectivity index (χ1v) is 21.6. The molecular weight excluding hydrogens is 673 g/mol. The van der Waals surface area contributed by atoms with Gasteiger partial charge in [0, 0.05) is 51.0 Å². The maximum atomic E-state index is 6.36. The smallest absolute Gasteiger partial charge is 0.137 e. The minimum atomic E-state index is -1.85. The van der Waals surface area contributed by atoms with E-state index in [-0.39, 0.29) is 0 Å². The van der Waals surface area contributed by atoms with Gasteiger partial charge in [-0.05, 0) is 99.4 Å². The van der Waals surface area contributed by atoms with Crippen LogP contribution >= 0.6 is 0 Å². The van der Waals surface area contributed by atoms with E-state index in [1.165, 1.54) is 49.7 Å². The fourth-order valence-electron chi connectivity index (χ4n) is 8.31. The maximum Gasteiger partial charge on any atom is 0.137 e. The van der Waals surface area contributed by atoms with E-state index in [0.717, 1.165) is 39.0 Å². The number of hydrogen-bond donors (Lipinski definition) is 0. The van der Waals surface area contributed by atoms with E-state index in [4.69, 9.17) is 4.42 Å². The lowest BCUT2D eigenvalue weighted by atomic mass is 10.0. The highest BCUT2D eigenvalue weighted by Gasteiger charge is 2.38. The molecule has 10 rings (SSSR count). The van der Waals surface area contributed by atoms with Crippen LogP contribution < -0.4 is 20.2 Å². The molecule has 0 N–H and O–H groups in total. The minimum absolute atomic E-state index is 0.875. The lowest BCUT2D eigenvalue weighted by molar-refractivity contribution is 0.669. The van der Waals surface area contributed by atoms with Crippen molar-refractivity contribution in [2.24, 2.45) is 0 Å². The van der Waals surface area contributed by atoms with Crippen LogP contribution in [0.5, 0.6) is 0 Å². The van der Waals surface area contributed by atoms with Gasteiger partial charge in [0.05, 0.1) is 0 Å². The van der Waals surface area contributed by atoms with E-state index >= 15 is 0 Å². The number of furan rings is 1. The van der Waals surface area contributed by atoms with Gasteiger partial charge in [-0.15, -0.1) is 0 Å². The molecule has 1 aliphatic rings. The van der Waals surface area contributed by atoms with Gasteiger partial charge in [-0.1, -0.05) is 134 Å². The van der Waals surface area contributed by atoms with Crippen molar-refractivity contribution >= 4 is 74.5 Å². The van der Waals surface area contributed by atoms with Crippen LogP contribution in [0.15, 0.2) is 199 Å². The maximum absolute atomic E-state index is 6.36. The average molecular weight is 711 g/mol. The van der Waals surface area contributed by atoms with E-state index in [1.54, 1.807) is 0 Å². The summed E-state index contributed by atoms with van der Waals surface area (Å²) in [5.74, 6) is 0. The SMILES string of the molecule is C[Si]1(C)c2ccccc2N(c2cccc(-c3ccc(N(c4ccc(-c5ccccc5)cc4)c4ccc5c(c4)oc4ccccc45)cc3)c2)c2ccccc21. The predicted molar refractivity (Wildman–Crippen MR) is 231 cm³/mol. The molecule has 0 fully saturated rings. The van der Waals surface area contributed by atoms with E-state index in [9.17, 15) is 0 Å². The Hall–Kier alpha value is -6.62. The number of nitrogens with zero attached hydrogens (tertiary/aromatic N) is 2. The summed E-state index contributed by atoms with van der Waals surface area (Å²) < 4.78 is 6.36. The molecule has 258 valence electrons. The molecule has 54 heavy (non-hydrogen) atoms. The van der Waals surface area contributed by atoms with Gasteiger partial charge in [-0.25, -0.2) is 0 Å². The molecule has 0 spiro atoms. The molecule has 0 saturated carbocycles. The normalized spacial score (nSPS) is 13.1. The standard InChI is InChI=1S/C50H38N2OSi/c1-54(2)49-21-10-7-18-45(49)52(46-19-8-11-22-50(46)54)41-16-12-15-38(33-41)37-25-29-40(30-26-37)51(39-27-23-36(24-28-39)35-13-4-3-5-14-35)42-31-32-44-43-17-6-9-20-47(43)53-48(44)34-42/h3-34H,1-2H3. The van der Waals surface area contributed by atoms with Crippen LogP contribution in [0, 0.1) is 0 Å². The zero-order chi connectivity index (χ0) is 36.2. The predicted octanol–water partition coefficient (Wildman–Crippen LogP) is 13.0. The number of para-hydroxylation sites is 3. The van der Waals surface area contributed by atoms with Gasteiger partial charge >= 0.3 is 0 Å². The highest BCUT2D eigenvalue weighted by atomic mass is 28.3. The van der Waals surface area contributed by atoms with Crippen molar-refractivity contribution in [3.63, 3.8) is 0 Å². The topological polar surface area (TPSA) is 19.6 Å². The van der Waals surface area contributed by atoms with E-state index in [2.05, 4.69) is 205 Å². The molecule has 0 radical (unpaired) electrons. The Morgan fingerprint density at radius 3 is 1.61 bits per heavy atom. The van der Waals surface area contributed by atoms with Crippen molar-refractivity contribution < 1.29 is 4.42 Å². The largest absolute Gasteiger partial charge is 0.456 e. The van der Waals surface area contributed by atoms with Crippen LogP contribution in [-0.2, 0) is 0 Å². The molecule has 1 aromatic heterocycles. The van der Waals surface area contributed by atoms with Crippen LogP contribution in [0.2, 0.25) is 13.1 Å². The summed E-state index contributed by atoms with van der Waals surface area (Å²) in [7, 11) is -1.85. The fraction of sp³-hybridized carbons (Fsp3) is 0.0400. The Morgan fingerprint density at radius 2 is 0.926 bits per heavy atom. The van der Waals surface area contributed by atoms with E-state index in [1.807, 2.05) is 12.1 Å². The third-order valence-electron chi connectivity index (χ3n) is 11.1. The van der Waals surface area contributed by atoms with Gasteiger partial charge in [0.15, 0.2) is 0 Å². The minimum Gasteiger partial charge on any atom is -0.456 e. The van der Waals surface area contributed by atoms with Crippen molar-refractivity contribution in [2.45, 2.75) is 13.1 Å². The molecule has 0 bridgehead atoms. The van der Waals surface area contributed by atoms with Gasteiger partial charge in [-0.2, -0.15) is 0 Å². The van der Waals surface area contributed by atoms with Gasteiger partial charge in [0.1, 0.15) is 19.2 Å². The molecule has 0 saturated heterocycles. The molecule has 0 aliphatic carbocycles. The highest BCUT2D eigenvalue weighted by molar-refractivity contribution is 7.02. The highest BCUT2D eigenvalue weighted by Crippen LogP contribution is 2.42. The second kappa shape index (κ2) is 12.8. The summed E-state index contributed by atoms with van der Waals surface area (Å²) in [4.78, 5) is 4.77. The molecule has 0 atom stereocenters. The molecule has 8 aromatic carbocycles. The second-order valence-electron chi connectivity index (χ2n) is 14.6. The number of rotatable bonds is 6. The number of benzene rings is 8. The van der Waals surface area contributed by atoms with Gasteiger partial charge < -0.3 is 14.2 Å². The second-order valence-corrected chi connectivity index (χ2v) is 18.9. The summed E-state index contributed by atoms with van der Waals surface area (Å²) in [6.07, 6.45) is 0. The number of hydrogen-bond acceptors (Lipinski definition) is 3. The van der Waals surface area contributed by atoms with Gasteiger partial charge in [0.2, 0.25) is 0 Å². The Kier molecular flexibility index (Phi) is 7.60. The molecule has 1 aliphatic heterocycles. The molecule has 2 heterocycles. The molecular formula is C50H38N2OSi. The van der Waals surface area contributed by atoms with Crippen LogP contribution in [0.25, 0.3) is 44.2 Å². The number of anilines is 6. The van der Waals surface area contributed by atoms with Crippen LogP contribution in [-0.4, -0.2) is 8.07 Å². The van der Waals surface area contributed by atoms with Crippen molar-refractivity contribution in [2.75, 3.05) is 9.80 Å². The van der Waals surface area contributed by atoms with Crippen LogP contribution in [0.4, 0.5) is 34.1 Å². The Morgan fingerprint density at radius 1 is 0.407 bits per heavy atom. The summed E-state index contributed by atoms with van der Waals surface area (Å²) in [5, 5.41) is 5.19. The van der Waals surface area contributed by atoms with Crippen molar-refractivity contribution in [1.82, 2.24) is 0 Å². The summed E-state index contributed by atoms with van der Waals surface area (Å²) in [6.45, 7) is 4.94. The molecule has 0 amide bonds. The fourth-order valence-corrected chi connectivity index (χ4v) is 11.3. The Balaban J connectivity index is 1.04. The molecule has 0 unspecified atom stereocenters. The number of fused-ring (bicyclic) bond motifs is 5. The van der Waals surface area contributed by atoms with Crippen molar-refractivity contribution in [3.8, 4) is 22.3 Å². The van der Waals surface area contributed by atoms with Crippen LogP contribution in [0.1, 0.15) is 0 Å². The quantitative estimate of drug-likeness (QED) is 0.160. The lowest BCUT2D eigenvalue weighted by Gasteiger charge is -2.41. The molecule has 4 heteroatoms. The van der Waals surface area contributed by atoms with Gasteiger partial charge in [0.25, 0.3) is 0 Å². The third kappa shape index (κ3) is 5.34. The summed E-state index contributed by atoms with van der Waals surface area (Å²) in [5.41, 5.74) is 13.4. The zero-order valence-electron chi connectivity index (χ0n) is 30.3. The first kappa shape index (κ1) is 32.1. The first-order valence-electron chi connectivity index (χ1n) is 18.6. The van der Waals surface area contributed by atoms with Crippen LogP contribution in [0.3, 0.4) is 0 Å². The molecule has 3 nitrogen and oxygen atoms in total. The summed E-state index contributed by atoms with van der Waals surface area (Å²) >= 11 is 0. The van der Waals surface area contributed by atoms with E-state index < -0.39 is 8.07 Å².